The molecule has 1 aliphatic heterocycles. The maximum absolute atomic E-state index is 12.5. The number of nitrogens with zero attached hydrogens (tertiary/aromatic N) is 1. The van der Waals surface area contributed by atoms with E-state index in [9.17, 15) is 4.79 Å². The molecule has 0 spiro atoms. The van der Waals surface area contributed by atoms with Gasteiger partial charge in [0.1, 0.15) is 11.5 Å². The second-order valence-electron chi connectivity index (χ2n) is 6.03. The Kier molecular flexibility index (Phi) is 4.91. The van der Waals surface area contributed by atoms with Crippen LogP contribution in [0.4, 0.5) is 0 Å². The Morgan fingerprint density at radius 1 is 1.33 bits per heavy atom. The molecular formula is C16H24N2O2S. The van der Waals surface area contributed by atoms with Crippen molar-refractivity contribution in [3.8, 4) is 0 Å². The first-order valence-corrected chi connectivity index (χ1v) is 8.94. The fourth-order valence-electron chi connectivity index (χ4n) is 2.78. The summed E-state index contributed by atoms with van der Waals surface area (Å²) < 4.78 is 5.63. The molecule has 1 aromatic heterocycles. The van der Waals surface area contributed by atoms with Crippen molar-refractivity contribution in [3.05, 3.63) is 23.7 Å². The zero-order valence-corrected chi connectivity index (χ0v) is 13.5. The van der Waals surface area contributed by atoms with Crippen molar-refractivity contribution in [2.24, 2.45) is 0 Å². The average Bonchev–Trinajstić information content (AvgIpc) is 3.26. The Morgan fingerprint density at radius 2 is 2.10 bits per heavy atom. The van der Waals surface area contributed by atoms with Gasteiger partial charge >= 0.3 is 0 Å². The summed E-state index contributed by atoms with van der Waals surface area (Å²) in [6.07, 6.45) is 4.64. The lowest BCUT2D eigenvalue weighted by molar-refractivity contribution is -0.129. The van der Waals surface area contributed by atoms with Crippen molar-refractivity contribution in [1.29, 1.82) is 0 Å². The Labute approximate surface area is 130 Å². The van der Waals surface area contributed by atoms with E-state index in [1.165, 1.54) is 12.8 Å². The molecule has 1 aliphatic carbocycles. The van der Waals surface area contributed by atoms with E-state index < -0.39 is 0 Å². The molecule has 2 fully saturated rings. The first kappa shape index (κ1) is 15.0. The Hall–Kier alpha value is -0.940. The Morgan fingerprint density at radius 3 is 2.71 bits per heavy atom. The van der Waals surface area contributed by atoms with Crippen molar-refractivity contribution in [2.75, 3.05) is 18.8 Å². The highest BCUT2D eigenvalue weighted by Gasteiger charge is 2.33. The number of hydrogen-bond acceptors (Lipinski definition) is 4. The van der Waals surface area contributed by atoms with Gasteiger partial charge in [-0.1, -0.05) is 0 Å². The molecule has 0 radical (unpaired) electrons. The maximum Gasteiger partial charge on any atom is 0.233 e. The van der Waals surface area contributed by atoms with Crippen molar-refractivity contribution in [2.45, 2.75) is 50.4 Å². The van der Waals surface area contributed by atoms with Crippen LogP contribution in [0.3, 0.4) is 0 Å². The quantitative estimate of drug-likeness (QED) is 0.877. The smallest absolute Gasteiger partial charge is 0.233 e. The number of carbonyl (C=O) groups is 1. The molecule has 0 aromatic carbocycles. The number of furan rings is 1. The standard InChI is InChI=1S/C16H24N2O2S/c1-12-2-5-14(20-12)10-18(13-3-4-13)16(19)11-21-15-6-8-17-9-7-15/h2,5,13,15,17H,3-4,6-11H2,1H3. The van der Waals surface area contributed by atoms with E-state index in [-0.39, 0.29) is 5.91 Å². The van der Waals surface area contributed by atoms with Crippen LogP contribution in [-0.2, 0) is 11.3 Å². The lowest BCUT2D eigenvalue weighted by Gasteiger charge is -2.25. The summed E-state index contributed by atoms with van der Waals surface area (Å²) in [5.74, 6) is 2.70. The molecule has 3 rings (SSSR count). The number of carbonyl (C=O) groups excluding carboxylic acids is 1. The molecule has 4 nitrogen and oxygen atoms in total. The SMILES string of the molecule is Cc1ccc(CN(C(=O)CSC2CCNCC2)C2CC2)o1. The van der Waals surface area contributed by atoms with Crippen molar-refractivity contribution >= 4 is 17.7 Å². The first-order chi connectivity index (χ1) is 10.2. The minimum Gasteiger partial charge on any atom is -0.464 e. The van der Waals surface area contributed by atoms with Crippen LogP contribution in [0.2, 0.25) is 0 Å². The number of rotatable bonds is 6. The van der Waals surface area contributed by atoms with E-state index in [1.54, 1.807) is 0 Å². The zero-order valence-electron chi connectivity index (χ0n) is 12.6. The minimum absolute atomic E-state index is 0.273. The van der Waals surface area contributed by atoms with Crippen LogP contribution >= 0.6 is 11.8 Å². The van der Waals surface area contributed by atoms with Crippen LogP contribution in [0.5, 0.6) is 0 Å². The van der Waals surface area contributed by atoms with Crippen LogP contribution in [0, 0.1) is 6.92 Å². The molecule has 1 saturated heterocycles. The van der Waals surface area contributed by atoms with Crippen LogP contribution in [0.25, 0.3) is 0 Å². The summed E-state index contributed by atoms with van der Waals surface area (Å²) in [7, 11) is 0. The molecule has 2 aliphatic rings. The second kappa shape index (κ2) is 6.88. The van der Waals surface area contributed by atoms with E-state index >= 15 is 0 Å². The molecule has 21 heavy (non-hydrogen) atoms. The van der Waals surface area contributed by atoms with Crippen LogP contribution in [-0.4, -0.2) is 40.9 Å². The van der Waals surface area contributed by atoms with Crippen LogP contribution in [0.1, 0.15) is 37.2 Å². The topological polar surface area (TPSA) is 45.5 Å². The molecule has 1 aromatic rings. The third kappa shape index (κ3) is 4.27. The molecule has 1 amide bonds. The van der Waals surface area contributed by atoms with Gasteiger partial charge in [0, 0.05) is 11.3 Å². The van der Waals surface area contributed by atoms with Gasteiger partial charge in [-0.3, -0.25) is 4.79 Å². The predicted molar refractivity (Wildman–Crippen MR) is 85.4 cm³/mol. The molecule has 0 unspecified atom stereocenters. The average molecular weight is 308 g/mol. The van der Waals surface area contributed by atoms with Gasteiger partial charge in [-0.2, -0.15) is 0 Å². The van der Waals surface area contributed by atoms with Gasteiger partial charge in [-0.25, -0.2) is 0 Å². The number of aryl methyl sites for hydroxylation is 1. The third-order valence-corrected chi connectivity index (χ3v) is 5.52. The maximum atomic E-state index is 12.5. The van der Waals surface area contributed by atoms with E-state index in [0.29, 0.717) is 23.6 Å². The second-order valence-corrected chi connectivity index (χ2v) is 7.31. The molecular weight excluding hydrogens is 284 g/mol. The summed E-state index contributed by atoms with van der Waals surface area (Å²) in [6.45, 7) is 4.75. The monoisotopic (exact) mass is 308 g/mol. The van der Waals surface area contributed by atoms with Crippen molar-refractivity contribution < 1.29 is 9.21 Å². The van der Waals surface area contributed by atoms with Gasteiger partial charge in [0.15, 0.2) is 0 Å². The lowest BCUT2D eigenvalue weighted by atomic mass is 10.2. The number of nitrogens with one attached hydrogen (secondary N) is 1. The fraction of sp³-hybridized carbons (Fsp3) is 0.688. The largest absolute Gasteiger partial charge is 0.464 e. The highest BCUT2D eigenvalue weighted by Crippen LogP contribution is 2.30. The molecule has 1 N–H and O–H groups in total. The van der Waals surface area contributed by atoms with Gasteiger partial charge in [-0.05, 0) is 57.8 Å². The lowest BCUT2D eigenvalue weighted by Crippen LogP contribution is -2.35. The summed E-state index contributed by atoms with van der Waals surface area (Å²) >= 11 is 1.83. The molecule has 1 saturated carbocycles. The molecule has 0 atom stereocenters. The van der Waals surface area contributed by atoms with Crippen LogP contribution in [0.15, 0.2) is 16.5 Å². The minimum atomic E-state index is 0.273. The normalized spacial score (nSPS) is 19.7. The fourth-order valence-corrected chi connectivity index (χ4v) is 3.89. The Balaban J connectivity index is 1.52. The summed E-state index contributed by atoms with van der Waals surface area (Å²) in [4.78, 5) is 14.5. The highest BCUT2D eigenvalue weighted by molar-refractivity contribution is 8.00. The summed E-state index contributed by atoms with van der Waals surface area (Å²) in [6, 6.07) is 4.39. The van der Waals surface area contributed by atoms with Gasteiger partial charge < -0.3 is 14.6 Å². The van der Waals surface area contributed by atoms with E-state index in [4.69, 9.17) is 4.42 Å². The number of amides is 1. The van der Waals surface area contributed by atoms with Crippen LogP contribution < -0.4 is 5.32 Å². The van der Waals surface area contributed by atoms with E-state index in [0.717, 1.165) is 37.5 Å². The third-order valence-electron chi connectivity index (χ3n) is 4.16. The predicted octanol–water partition coefficient (Wildman–Crippen LogP) is 2.56. The van der Waals surface area contributed by atoms with Crippen molar-refractivity contribution in [1.82, 2.24) is 10.2 Å². The van der Waals surface area contributed by atoms with Gasteiger partial charge in [-0.15, -0.1) is 11.8 Å². The van der Waals surface area contributed by atoms with Gasteiger partial charge in [0.05, 0.1) is 12.3 Å². The van der Waals surface area contributed by atoms with E-state index in [1.807, 2.05) is 35.7 Å². The molecule has 2 heterocycles. The number of piperidine rings is 1. The number of hydrogen-bond donors (Lipinski definition) is 1. The van der Waals surface area contributed by atoms with Crippen molar-refractivity contribution in [3.63, 3.8) is 0 Å². The summed E-state index contributed by atoms with van der Waals surface area (Å²) in [5.41, 5.74) is 0. The number of thioether (sulfide) groups is 1. The molecule has 5 heteroatoms. The highest BCUT2D eigenvalue weighted by atomic mass is 32.2. The van der Waals surface area contributed by atoms with Gasteiger partial charge in [0.2, 0.25) is 5.91 Å². The van der Waals surface area contributed by atoms with Gasteiger partial charge in [0.25, 0.3) is 0 Å². The molecule has 116 valence electrons. The molecule has 0 bridgehead atoms. The Bertz CT molecular complexity index is 478. The zero-order chi connectivity index (χ0) is 14.7. The first-order valence-electron chi connectivity index (χ1n) is 7.89. The van der Waals surface area contributed by atoms with E-state index in [2.05, 4.69) is 5.32 Å². The summed E-state index contributed by atoms with van der Waals surface area (Å²) in [5, 5.41) is 4.01.